The van der Waals surface area contributed by atoms with Crippen molar-refractivity contribution in [2.75, 3.05) is 14.1 Å². The van der Waals surface area contributed by atoms with Crippen molar-refractivity contribution >= 4 is 32.8 Å². The van der Waals surface area contributed by atoms with Crippen molar-refractivity contribution in [3.8, 4) is 11.3 Å². The monoisotopic (exact) mass is 510 g/mol. The highest BCUT2D eigenvalue weighted by Crippen LogP contribution is 2.27. The average molecular weight is 511 g/mol. The Labute approximate surface area is 212 Å². The Morgan fingerprint density at radius 1 is 0.886 bits per heavy atom. The van der Waals surface area contributed by atoms with Gasteiger partial charge in [0.05, 0.1) is 16.3 Å². The van der Waals surface area contributed by atoms with Gasteiger partial charge in [-0.3, -0.25) is 0 Å². The lowest BCUT2D eigenvalue weighted by molar-refractivity contribution is 0.521. The Kier molecular flexibility index (Phi) is 7.73. The van der Waals surface area contributed by atoms with Gasteiger partial charge in [-0.25, -0.2) is 22.4 Å². The molecular formula is C27H34N4O2S2. The van der Waals surface area contributed by atoms with Gasteiger partial charge >= 0.3 is 0 Å². The maximum Gasteiger partial charge on any atom is 0.242 e. The minimum atomic E-state index is -3.55. The number of nitrogens with zero attached hydrogens (tertiary/aromatic N) is 4. The van der Waals surface area contributed by atoms with Crippen molar-refractivity contribution in [2.45, 2.75) is 64.2 Å². The van der Waals surface area contributed by atoms with Crippen LogP contribution in [0.3, 0.4) is 0 Å². The van der Waals surface area contributed by atoms with E-state index in [0.29, 0.717) is 5.69 Å². The van der Waals surface area contributed by atoms with Gasteiger partial charge in [0, 0.05) is 30.8 Å². The number of sulfonamides is 1. The quantitative estimate of drug-likeness (QED) is 0.385. The highest BCUT2D eigenvalue weighted by molar-refractivity contribution is 7.89. The molecule has 6 nitrogen and oxygen atoms in total. The summed E-state index contributed by atoms with van der Waals surface area (Å²) in [5, 5.41) is 7.21. The summed E-state index contributed by atoms with van der Waals surface area (Å²) >= 11 is 1.53. The van der Waals surface area contributed by atoms with Crippen LogP contribution in [0.4, 0.5) is 5.69 Å². The number of benzene rings is 2. The first kappa shape index (κ1) is 25.5. The summed E-state index contributed by atoms with van der Waals surface area (Å²) in [4.78, 5) is 5.91. The number of hydrogen-bond acceptors (Lipinski definition) is 5. The maximum absolute atomic E-state index is 12.7. The Morgan fingerprint density at radius 2 is 1.57 bits per heavy atom. The molecule has 0 bridgehead atoms. The van der Waals surface area contributed by atoms with E-state index in [4.69, 9.17) is 10.1 Å². The minimum absolute atomic E-state index is 0.236. The van der Waals surface area contributed by atoms with E-state index in [-0.39, 0.29) is 4.90 Å². The predicted molar refractivity (Wildman–Crippen MR) is 145 cm³/mol. The Balaban J connectivity index is 1.90. The topological polar surface area (TPSA) is 67.0 Å². The highest BCUT2D eigenvalue weighted by atomic mass is 32.2. The average Bonchev–Trinajstić information content (AvgIpc) is 3.02. The van der Waals surface area contributed by atoms with E-state index >= 15 is 0 Å². The standard InChI is InChI=1S/C27H34N4O2S2/c1-19-12-14-22(16-21(19)3)26-18-34-27(31(26)29-23-10-8-6-7-9-11-23)28-25-17-24(15-13-20(25)2)35(32,33)30(4)5/h12-18H,6-11H2,1-5H3. The fraction of sp³-hybridized carbons (Fsp3) is 0.407. The van der Waals surface area contributed by atoms with Crippen LogP contribution in [-0.2, 0) is 10.0 Å². The molecule has 0 atom stereocenters. The van der Waals surface area contributed by atoms with Crippen molar-refractivity contribution in [3.63, 3.8) is 0 Å². The number of aromatic nitrogens is 1. The lowest BCUT2D eigenvalue weighted by Gasteiger charge is -2.12. The molecule has 0 amide bonds. The molecule has 8 heteroatoms. The molecule has 0 aliphatic heterocycles. The first-order valence-corrected chi connectivity index (χ1v) is 14.4. The first-order valence-electron chi connectivity index (χ1n) is 12.1. The third kappa shape index (κ3) is 5.66. The lowest BCUT2D eigenvalue weighted by atomic mass is 10.1. The predicted octanol–water partition coefficient (Wildman–Crippen LogP) is 6.18. The van der Waals surface area contributed by atoms with Crippen LogP contribution < -0.4 is 4.80 Å². The number of rotatable bonds is 5. The molecule has 0 unspecified atom stereocenters. The van der Waals surface area contributed by atoms with Gasteiger partial charge in [0.2, 0.25) is 14.8 Å². The molecule has 4 rings (SSSR count). The number of hydrogen-bond donors (Lipinski definition) is 0. The summed E-state index contributed by atoms with van der Waals surface area (Å²) < 4.78 is 28.6. The SMILES string of the molecule is Cc1ccc(-c2csc(=Nc3cc(S(=O)(=O)N(C)C)ccc3C)n2N=C2CCCCCC2)cc1C. The van der Waals surface area contributed by atoms with Crippen LogP contribution in [0.2, 0.25) is 0 Å². The van der Waals surface area contributed by atoms with Crippen LogP contribution in [0, 0.1) is 20.8 Å². The zero-order valence-electron chi connectivity index (χ0n) is 21.2. The molecular weight excluding hydrogens is 476 g/mol. The van der Waals surface area contributed by atoms with Gasteiger partial charge in [-0.2, -0.15) is 5.10 Å². The molecule has 1 heterocycles. The molecule has 1 aliphatic carbocycles. The van der Waals surface area contributed by atoms with Gasteiger partial charge in [-0.15, -0.1) is 11.3 Å². The Morgan fingerprint density at radius 3 is 2.23 bits per heavy atom. The van der Waals surface area contributed by atoms with Crippen LogP contribution in [0.5, 0.6) is 0 Å². The second-order valence-corrected chi connectivity index (χ2v) is 12.4. The molecule has 35 heavy (non-hydrogen) atoms. The zero-order chi connectivity index (χ0) is 25.2. The summed E-state index contributed by atoms with van der Waals surface area (Å²) in [6.07, 6.45) is 6.84. The van der Waals surface area contributed by atoms with Crippen LogP contribution in [0.15, 0.2) is 56.8 Å². The molecule has 1 fully saturated rings. The van der Waals surface area contributed by atoms with E-state index in [1.807, 2.05) is 17.7 Å². The molecule has 186 valence electrons. The second kappa shape index (κ2) is 10.6. The van der Waals surface area contributed by atoms with E-state index in [1.54, 1.807) is 12.1 Å². The van der Waals surface area contributed by atoms with E-state index in [1.165, 1.54) is 72.3 Å². The third-order valence-corrected chi connectivity index (χ3v) is 9.21. The van der Waals surface area contributed by atoms with Gasteiger partial charge in [-0.1, -0.05) is 31.0 Å². The van der Waals surface area contributed by atoms with Crippen LogP contribution in [0.1, 0.15) is 55.2 Å². The molecule has 0 radical (unpaired) electrons. The smallest absolute Gasteiger partial charge is 0.219 e. The normalized spacial score (nSPS) is 15.5. The van der Waals surface area contributed by atoms with Crippen molar-refractivity contribution < 1.29 is 8.42 Å². The third-order valence-electron chi connectivity index (χ3n) is 6.59. The summed E-state index contributed by atoms with van der Waals surface area (Å²) in [6.45, 7) is 6.19. The van der Waals surface area contributed by atoms with Crippen molar-refractivity contribution in [2.24, 2.45) is 10.1 Å². The van der Waals surface area contributed by atoms with Crippen molar-refractivity contribution in [3.05, 3.63) is 63.3 Å². The molecule has 0 saturated heterocycles. The van der Waals surface area contributed by atoms with E-state index < -0.39 is 10.0 Å². The fourth-order valence-corrected chi connectivity index (χ4v) is 5.90. The lowest BCUT2D eigenvalue weighted by Crippen LogP contribution is -2.22. The summed E-state index contributed by atoms with van der Waals surface area (Å²) in [5.41, 5.74) is 7.35. The summed E-state index contributed by atoms with van der Waals surface area (Å²) in [6, 6.07) is 11.6. The van der Waals surface area contributed by atoms with Gasteiger partial charge < -0.3 is 0 Å². The highest BCUT2D eigenvalue weighted by Gasteiger charge is 2.18. The van der Waals surface area contributed by atoms with Gasteiger partial charge in [-0.05, 0) is 81.3 Å². The zero-order valence-corrected chi connectivity index (χ0v) is 22.8. The van der Waals surface area contributed by atoms with E-state index in [0.717, 1.165) is 34.5 Å². The summed E-state index contributed by atoms with van der Waals surface area (Å²) in [5.74, 6) is 0. The first-order chi connectivity index (χ1) is 16.7. The maximum atomic E-state index is 12.7. The number of thiazole rings is 1. The van der Waals surface area contributed by atoms with Crippen molar-refractivity contribution in [1.29, 1.82) is 0 Å². The second-order valence-electron chi connectivity index (χ2n) is 9.44. The molecule has 1 saturated carbocycles. The van der Waals surface area contributed by atoms with Gasteiger partial charge in [0.1, 0.15) is 0 Å². The molecule has 3 aromatic rings. The summed E-state index contributed by atoms with van der Waals surface area (Å²) in [7, 11) is -0.470. The van der Waals surface area contributed by atoms with E-state index in [9.17, 15) is 8.42 Å². The van der Waals surface area contributed by atoms with Crippen LogP contribution in [0.25, 0.3) is 11.3 Å². The largest absolute Gasteiger partial charge is 0.242 e. The van der Waals surface area contributed by atoms with Gasteiger partial charge in [0.25, 0.3) is 0 Å². The van der Waals surface area contributed by atoms with Gasteiger partial charge in [0.15, 0.2) is 0 Å². The van der Waals surface area contributed by atoms with E-state index in [2.05, 4.69) is 37.4 Å². The Hall–Kier alpha value is -2.55. The van der Waals surface area contributed by atoms with Crippen LogP contribution in [-0.4, -0.2) is 37.2 Å². The Bertz CT molecular complexity index is 1420. The fourth-order valence-electron chi connectivity index (χ4n) is 4.13. The number of aryl methyl sites for hydroxylation is 3. The molecule has 2 aromatic carbocycles. The molecule has 0 N–H and O–H groups in total. The molecule has 1 aromatic heterocycles. The minimum Gasteiger partial charge on any atom is -0.219 e. The molecule has 0 spiro atoms. The van der Waals surface area contributed by atoms with Crippen LogP contribution >= 0.6 is 11.3 Å². The van der Waals surface area contributed by atoms with Crippen molar-refractivity contribution in [1.82, 2.24) is 8.98 Å². The molecule has 1 aliphatic rings.